The van der Waals surface area contributed by atoms with Gasteiger partial charge in [-0.2, -0.15) is 14.7 Å². The quantitative estimate of drug-likeness (QED) is 0.00972. The second-order valence-electron chi connectivity index (χ2n) is 23.4. The average Bonchev–Trinajstić information content (AvgIpc) is 1.66. The van der Waals surface area contributed by atoms with Crippen LogP contribution in [-0.4, -0.2) is 192 Å². The molecule has 0 saturated carbocycles. The fourth-order valence-corrected chi connectivity index (χ4v) is 8.44. The average molecular weight is 1450 g/mol. The highest BCUT2D eigenvalue weighted by Gasteiger charge is 2.50. The number of hydrogen-bond acceptors (Lipinski definition) is 33. The van der Waals surface area contributed by atoms with E-state index < -0.39 is 126 Å². The molecule has 101 heavy (non-hydrogen) atoms. The molecule has 33 heteroatoms. The third kappa shape index (κ3) is 45.1. The van der Waals surface area contributed by atoms with Crippen molar-refractivity contribution >= 4 is 83.4 Å². The van der Waals surface area contributed by atoms with Gasteiger partial charge in [0.05, 0.1) is 24.0 Å². The number of carbonyl (C=O) groups excluding carboxylic acids is 11. The number of ether oxygens (including phenoxy) is 13. The van der Waals surface area contributed by atoms with Gasteiger partial charge in [0.2, 0.25) is 30.1 Å². The van der Waals surface area contributed by atoms with Gasteiger partial charge in [0, 0.05) is 92.9 Å². The minimum atomic E-state index is -1.26. The van der Waals surface area contributed by atoms with Gasteiger partial charge in [-0.05, 0) is 19.3 Å². The summed E-state index contributed by atoms with van der Waals surface area (Å²) in [5.74, 6) is -5.70. The lowest BCUT2D eigenvalue weighted by Crippen LogP contribution is -2.58. The van der Waals surface area contributed by atoms with Crippen LogP contribution in [0.4, 0.5) is 0 Å². The summed E-state index contributed by atoms with van der Waals surface area (Å²) >= 11 is 0. The second kappa shape index (κ2) is 56.0. The predicted octanol–water partition coefficient (Wildman–Crippen LogP) is 9.37. The van der Waals surface area contributed by atoms with Crippen LogP contribution in [0.25, 0.3) is 0 Å². The van der Waals surface area contributed by atoms with E-state index in [0.29, 0.717) is 32.1 Å². The van der Waals surface area contributed by atoms with Gasteiger partial charge in [-0.1, -0.05) is 121 Å². The Labute approximate surface area is 593 Å². The first-order valence-corrected chi connectivity index (χ1v) is 34.5. The van der Waals surface area contributed by atoms with E-state index in [0.717, 1.165) is 19.3 Å². The minimum absolute atomic E-state index is 0.00913. The highest BCUT2D eigenvalue weighted by atomic mass is 17.2. The summed E-state index contributed by atoms with van der Waals surface area (Å²) in [6.45, 7) is 25.1. The lowest BCUT2D eigenvalue weighted by molar-refractivity contribution is -0.315. The third-order valence-electron chi connectivity index (χ3n) is 14.7. The van der Waals surface area contributed by atoms with Gasteiger partial charge in [-0.25, -0.2) is 0 Å². The van der Waals surface area contributed by atoms with Crippen molar-refractivity contribution in [2.45, 2.75) is 282 Å². The van der Waals surface area contributed by atoms with Crippen LogP contribution in [0.1, 0.15) is 233 Å². The molecule has 2 saturated heterocycles. The van der Waals surface area contributed by atoms with Gasteiger partial charge in [0.15, 0.2) is 30.5 Å². The molecule has 0 radical (unpaired) electrons. The maximum absolute atomic E-state index is 12.2. The van der Waals surface area contributed by atoms with Crippen molar-refractivity contribution in [1.82, 2.24) is 0 Å². The normalized spacial score (nSPS) is 18.2. The van der Waals surface area contributed by atoms with E-state index in [-0.39, 0.29) is 109 Å². The Balaban J connectivity index is 0. The van der Waals surface area contributed by atoms with Crippen molar-refractivity contribution in [2.75, 3.05) is 59.5 Å². The van der Waals surface area contributed by atoms with Gasteiger partial charge >= 0.3 is 65.7 Å². The zero-order chi connectivity index (χ0) is 76.9. The molecule has 1 unspecified atom stereocenters. The van der Waals surface area contributed by atoms with Gasteiger partial charge in [-0.3, -0.25) is 69.0 Å². The molecule has 0 aliphatic carbocycles. The Bertz CT molecular complexity index is 2370. The summed E-state index contributed by atoms with van der Waals surface area (Å²) in [6, 6.07) is 0. The molecule has 0 aromatic heterocycles. The number of rotatable bonds is 44. The molecule has 8 atom stereocenters. The molecule has 0 aromatic rings. The van der Waals surface area contributed by atoms with Gasteiger partial charge in [0.25, 0.3) is 0 Å². The van der Waals surface area contributed by atoms with E-state index >= 15 is 0 Å². The largest absolute Gasteiger partial charge is 0.465 e. The second-order valence-corrected chi connectivity index (χ2v) is 23.4. The van der Waals surface area contributed by atoms with Crippen molar-refractivity contribution in [3.8, 4) is 0 Å². The van der Waals surface area contributed by atoms with Gasteiger partial charge in [0.1, 0.15) is 52.4 Å². The Hall–Kier alpha value is -7.62. The Morgan fingerprint density at radius 3 is 1.14 bits per heavy atom. The van der Waals surface area contributed by atoms with E-state index in [1.165, 1.54) is 80.1 Å². The van der Waals surface area contributed by atoms with Crippen molar-refractivity contribution in [1.29, 1.82) is 16.2 Å². The van der Waals surface area contributed by atoms with Crippen LogP contribution in [0.5, 0.6) is 0 Å². The number of nitrogens with one attached hydrogen (secondary N) is 3. The molecule has 0 aromatic carbocycles. The smallest absolute Gasteiger partial charge is 0.307 e. The van der Waals surface area contributed by atoms with Gasteiger partial charge < -0.3 is 76.2 Å². The molecule has 2 aliphatic rings. The van der Waals surface area contributed by atoms with E-state index in [9.17, 15) is 52.7 Å². The molecule has 2 heterocycles. The van der Waals surface area contributed by atoms with E-state index in [2.05, 4.69) is 6.92 Å². The lowest BCUT2D eigenvalue weighted by atomic mass is 9.88. The summed E-state index contributed by atoms with van der Waals surface area (Å²) in [4.78, 5) is 156. The van der Waals surface area contributed by atoms with Crippen LogP contribution in [0.3, 0.4) is 0 Å². The predicted molar refractivity (Wildman–Crippen MR) is 356 cm³/mol. The van der Waals surface area contributed by atoms with Crippen LogP contribution in [0, 0.1) is 27.1 Å². The van der Waals surface area contributed by atoms with Crippen LogP contribution < -0.4 is 0 Å². The first-order chi connectivity index (χ1) is 47.8. The first-order valence-electron chi connectivity index (χ1n) is 34.5. The molecule has 0 bridgehead atoms. The Morgan fingerprint density at radius 2 is 0.752 bits per heavy atom. The summed E-state index contributed by atoms with van der Waals surface area (Å²) in [6.07, 6.45) is 4.86. The first kappa shape index (κ1) is 95.4. The monoisotopic (exact) mass is 1450 g/mol. The molecule has 33 nitrogen and oxygen atoms in total. The van der Waals surface area contributed by atoms with E-state index in [4.69, 9.17) is 107 Å². The maximum atomic E-state index is 12.2. The molecule has 582 valence electrons. The van der Waals surface area contributed by atoms with Crippen molar-refractivity contribution in [3.05, 3.63) is 0 Å². The number of unbranched alkanes of at least 4 members (excludes halogenated alkanes) is 8. The van der Waals surface area contributed by atoms with Crippen LogP contribution in [-0.2, 0) is 144 Å². The summed E-state index contributed by atoms with van der Waals surface area (Å²) in [7, 11) is 0. The molecule has 0 spiro atoms. The molecule has 0 amide bonds. The van der Waals surface area contributed by atoms with Crippen molar-refractivity contribution in [2.24, 2.45) is 10.8 Å². The Kier molecular flexibility index (Phi) is 52.9. The summed E-state index contributed by atoms with van der Waals surface area (Å²) in [5, 5.41) is 22.3. The van der Waals surface area contributed by atoms with Crippen LogP contribution in [0.2, 0.25) is 0 Å². The highest BCUT2D eigenvalue weighted by molar-refractivity contribution is 5.74. The molecule has 3 N–H and O–H groups in total. The number of hydrogen-bond donors (Lipinski definition) is 3. The summed E-state index contributed by atoms with van der Waals surface area (Å²) in [5.41, 5.74) is -1.38. The van der Waals surface area contributed by atoms with Crippen molar-refractivity contribution < 1.29 is 144 Å². The molecule has 2 fully saturated rings. The standard InChI is InChI=1S/C24H40O9.C17H26O9.C15H29N3O6.C12H20O6/c1-5-6-7-8-9-10-11-12-13-14-22(28)29-15-20(31-17(2)25)23-24(33-19(4)27)21(16-30-23)32-18(3)26;1-5-11(18)23-10-9-22-17(26-14(21)8-4)16(25-13(20)7-3)15(10)24-12(19)6-2;1-5-12(16)22-19-9-15(8-4,10-20-23-13(17)6-2)11-21-24-14(18)7-3;1-5-12(6-16-9(2)13,7-17-10(3)14)8-18-11(4)15/h20-21,23-24H,5-16H2,1-4H3;10,15-17H,5-9H2,1-4H3;16-18H,5-11H2,1-4H3;5-8H2,1-4H3/t20-,21+,23-,24-;10-,15+,16-,17?;;/m10../s1. The number of esters is 11. The van der Waals surface area contributed by atoms with Gasteiger partial charge in [-0.15, -0.1) is 0 Å². The topological polar surface area (TPSA) is 435 Å². The fraction of sp³-hybridized carbons (Fsp3) is 0.794. The van der Waals surface area contributed by atoms with E-state index in [1.807, 2.05) is 13.8 Å². The Morgan fingerprint density at radius 1 is 0.376 bits per heavy atom. The van der Waals surface area contributed by atoms with Crippen molar-refractivity contribution in [3.63, 3.8) is 0 Å². The van der Waals surface area contributed by atoms with E-state index in [1.54, 1.807) is 48.5 Å². The summed E-state index contributed by atoms with van der Waals surface area (Å²) < 4.78 is 67.9. The fourth-order valence-electron chi connectivity index (χ4n) is 8.44. The number of carbonyl (C=O) groups is 11. The zero-order valence-electron chi connectivity index (χ0n) is 62.2. The molecular formula is C68H115N3O30. The minimum Gasteiger partial charge on any atom is -0.465 e. The van der Waals surface area contributed by atoms with Crippen LogP contribution in [0.15, 0.2) is 0 Å². The maximum Gasteiger partial charge on any atom is 0.307 e. The SMILES string of the molecule is CCC(=N)OOCC(CC)(COOC(=N)CC)COOC(=N)CC.CCC(=O)OC1OC[C@H](OC(=O)CC)[C@@H](OC(=O)CC)[C@@H]1OC(=O)CC.CCC(COC(C)=O)(COC(C)=O)COC(C)=O.CCCCCCCCCCCC(=O)OC[C@@H](OC(C)=O)[C@H]1OC[C@H](OC(C)=O)[C@H]1OC(C)=O. The zero-order valence-corrected chi connectivity index (χ0v) is 62.2. The van der Waals surface area contributed by atoms with Crippen LogP contribution >= 0.6 is 0 Å². The lowest BCUT2D eigenvalue weighted by Gasteiger charge is -2.40. The molecule has 2 aliphatic heterocycles. The highest BCUT2D eigenvalue weighted by Crippen LogP contribution is 2.30. The molecule has 2 rings (SSSR count). The third-order valence-corrected chi connectivity index (χ3v) is 14.7. The molecular weight excluding hydrogens is 1340 g/mol.